The highest BCUT2D eigenvalue weighted by molar-refractivity contribution is 7.90. The summed E-state index contributed by atoms with van der Waals surface area (Å²) in [5.74, 6) is -0.290. The Kier molecular flexibility index (Phi) is 5.00. The third kappa shape index (κ3) is 3.44. The highest BCUT2D eigenvalue weighted by Crippen LogP contribution is 2.29. The van der Waals surface area contributed by atoms with E-state index in [4.69, 9.17) is 16.4 Å². The fourth-order valence-corrected chi connectivity index (χ4v) is 4.15. The van der Waals surface area contributed by atoms with Crippen molar-refractivity contribution >= 4 is 32.9 Å². The van der Waals surface area contributed by atoms with Crippen LogP contribution in [0.4, 0.5) is 0 Å². The van der Waals surface area contributed by atoms with E-state index in [1.165, 1.54) is 30.1 Å². The van der Waals surface area contributed by atoms with Gasteiger partial charge in [0.05, 0.1) is 16.5 Å². The van der Waals surface area contributed by atoms with Gasteiger partial charge in [-0.05, 0) is 24.6 Å². The van der Waals surface area contributed by atoms with Gasteiger partial charge >= 0.3 is 0 Å². The number of aromatic nitrogens is 2. The number of nitrogens with zero attached hydrogens (tertiary/aromatic N) is 2. The number of hydrogen-bond acceptors (Lipinski definition) is 6. The summed E-state index contributed by atoms with van der Waals surface area (Å²) in [5, 5.41) is 6.63. The fourth-order valence-electron chi connectivity index (χ4n) is 3.03. The van der Waals surface area contributed by atoms with Crippen LogP contribution >= 0.6 is 11.6 Å². The second kappa shape index (κ2) is 6.97. The van der Waals surface area contributed by atoms with Crippen LogP contribution in [-0.2, 0) is 21.7 Å². The molecular weight excluding hydrogens is 394 g/mol. The zero-order valence-corrected chi connectivity index (χ0v) is 16.5. The summed E-state index contributed by atoms with van der Waals surface area (Å²) in [6, 6.07) is 2.78. The molecule has 0 amide bonds. The van der Waals surface area contributed by atoms with Crippen molar-refractivity contribution < 1.29 is 18.0 Å². The summed E-state index contributed by atoms with van der Waals surface area (Å²) in [7, 11) is -2.08. The maximum absolute atomic E-state index is 12.9. The van der Waals surface area contributed by atoms with Crippen molar-refractivity contribution in [2.75, 3.05) is 12.1 Å². The summed E-state index contributed by atoms with van der Waals surface area (Å²) in [5.41, 5.74) is 0.896. The molecule has 1 aliphatic heterocycles. The number of sulfone groups is 1. The molecule has 1 aromatic heterocycles. The first-order valence-electron chi connectivity index (χ1n) is 8.07. The summed E-state index contributed by atoms with van der Waals surface area (Å²) < 4.78 is 25.7. The molecular formula is C17H18ClN3O5S. The number of benzene rings is 1. The Hall–Kier alpha value is -2.39. The molecule has 8 nitrogen and oxygen atoms in total. The quantitative estimate of drug-likeness (QED) is 0.590. The Morgan fingerprint density at radius 1 is 1.41 bits per heavy atom. The van der Waals surface area contributed by atoms with Gasteiger partial charge in [-0.15, -0.1) is 11.6 Å². The van der Waals surface area contributed by atoms with Gasteiger partial charge in [0, 0.05) is 37.0 Å². The first kappa shape index (κ1) is 19.4. The molecule has 3 rings (SSSR count). The van der Waals surface area contributed by atoms with Crippen LogP contribution in [0, 0.1) is 6.92 Å². The van der Waals surface area contributed by atoms with Crippen molar-refractivity contribution in [2.24, 2.45) is 12.2 Å². The molecule has 2 heterocycles. The van der Waals surface area contributed by atoms with Crippen LogP contribution in [0.25, 0.3) is 0 Å². The predicted molar refractivity (Wildman–Crippen MR) is 101 cm³/mol. The Morgan fingerprint density at radius 3 is 2.63 bits per heavy atom. The van der Waals surface area contributed by atoms with E-state index < -0.39 is 21.2 Å². The summed E-state index contributed by atoms with van der Waals surface area (Å²) in [6.45, 7) is 1.63. The molecule has 1 aromatic carbocycles. The third-order valence-electron chi connectivity index (χ3n) is 4.45. The molecule has 0 spiro atoms. The van der Waals surface area contributed by atoms with E-state index in [9.17, 15) is 18.0 Å². The van der Waals surface area contributed by atoms with Crippen molar-refractivity contribution in [1.82, 2.24) is 9.78 Å². The van der Waals surface area contributed by atoms with Crippen molar-refractivity contribution in [2.45, 2.75) is 24.3 Å². The van der Waals surface area contributed by atoms with Gasteiger partial charge in [-0.1, -0.05) is 5.16 Å². The van der Waals surface area contributed by atoms with Crippen molar-refractivity contribution in [3.8, 4) is 0 Å². The molecule has 0 radical (unpaired) electrons. The SMILES string of the molecule is Cc1c(C(=O)c2c[nH]n(C)c2=O)ccc(S(C)(=O)=O)c1C1=NOC(CCl)C1. The minimum Gasteiger partial charge on any atom is -0.391 e. The molecule has 27 heavy (non-hydrogen) atoms. The number of hydrogen-bond donors (Lipinski definition) is 1. The standard InChI is InChI=1S/C17H18ClN3O5S/c1-9-11(16(22)12-8-19-21(2)17(12)23)4-5-14(27(3,24)25)15(9)13-6-10(7-18)26-20-13/h4-5,8,10,19H,6-7H2,1-3H3. The van der Waals surface area contributed by atoms with Crippen LogP contribution in [0.5, 0.6) is 0 Å². The van der Waals surface area contributed by atoms with Gasteiger partial charge in [0.15, 0.2) is 15.6 Å². The molecule has 0 saturated heterocycles. The van der Waals surface area contributed by atoms with Crippen LogP contribution in [0.3, 0.4) is 0 Å². The van der Waals surface area contributed by atoms with Gasteiger partial charge in [0.2, 0.25) is 0 Å². The average Bonchev–Trinajstić information content (AvgIpc) is 3.20. The molecule has 144 valence electrons. The molecule has 1 atom stereocenters. The maximum atomic E-state index is 12.9. The number of ketones is 1. The number of aromatic amines is 1. The number of carbonyl (C=O) groups excluding carboxylic acids is 1. The molecule has 0 fully saturated rings. The molecule has 10 heteroatoms. The van der Waals surface area contributed by atoms with Gasteiger partial charge in [-0.3, -0.25) is 14.3 Å². The zero-order chi connectivity index (χ0) is 19.9. The van der Waals surface area contributed by atoms with Crippen LogP contribution < -0.4 is 5.56 Å². The molecule has 1 unspecified atom stereocenters. The normalized spacial score (nSPS) is 16.9. The van der Waals surface area contributed by atoms with E-state index in [0.29, 0.717) is 23.3 Å². The van der Waals surface area contributed by atoms with Gasteiger partial charge in [0.25, 0.3) is 5.56 Å². The lowest BCUT2D eigenvalue weighted by molar-refractivity contribution is 0.102. The van der Waals surface area contributed by atoms with Crippen molar-refractivity contribution in [3.05, 3.63) is 50.9 Å². The molecule has 1 aliphatic rings. The van der Waals surface area contributed by atoms with E-state index in [2.05, 4.69) is 10.3 Å². The van der Waals surface area contributed by atoms with Crippen molar-refractivity contribution in [3.63, 3.8) is 0 Å². The van der Waals surface area contributed by atoms with Gasteiger partial charge < -0.3 is 9.94 Å². The lowest BCUT2D eigenvalue weighted by atomic mass is 9.93. The Labute approximate surface area is 160 Å². The van der Waals surface area contributed by atoms with Gasteiger partial charge in [0.1, 0.15) is 11.7 Å². The summed E-state index contributed by atoms with van der Waals surface area (Å²) in [4.78, 5) is 30.2. The minimum absolute atomic E-state index is 0.0260. The van der Waals surface area contributed by atoms with Crippen LogP contribution in [-0.4, -0.2) is 47.9 Å². The minimum atomic E-state index is -3.58. The van der Waals surface area contributed by atoms with Crippen molar-refractivity contribution in [1.29, 1.82) is 0 Å². The third-order valence-corrected chi connectivity index (χ3v) is 5.93. The second-order valence-corrected chi connectivity index (χ2v) is 8.68. The monoisotopic (exact) mass is 411 g/mol. The van der Waals surface area contributed by atoms with E-state index in [-0.39, 0.29) is 28.0 Å². The molecule has 0 aliphatic carbocycles. The number of carbonyl (C=O) groups is 1. The van der Waals surface area contributed by atoms with E-state index >= 15 is 0 Å². The van der Waals surface area contributed by atoms with Crippen LogP contribution in [0.1, 0.15) is 33.5 Å². The number of H-pyrrole nitrogens is 1. The molecule has 0 saturated carbocycles. The van der Waals surface area contributed by atoms with E-state index in [1.54, 1.807) is 6.92 Å². The summed E-state index contributed by atoms with van der Waals surface area (Å²) in [6.07, 6.45) is 2.39. The van der Waals surface area contributed by atoms with E-state index in [1.807, 2.05) is 0 Å². The fraction of sp³-hybridized carbons (Fsp3) is 0.353. The highest BCUT2D eigenvalue weighted by atomic mass is 35.5. The molecule has 0 bridgehead atoms. The Morgan fingerprint density at radius 2 is 2.11 bits per heavy atom. The summed E-state index contributed by atoms with van der Waals surface area (Å²) >= 11 is 5.80. The van der Waals surface area contributed by atoms with E-state index in [0.717, 1.165) is 6.26 Å². The number of nitrogens with one attached hydrogen (secondary N) is 1. The second-order valence-electron chi connectivity index (χ2n) is 6.39. The first-order chi connectivity index (χ1) is 12.6. The zero-order valence-electron chi connectivity index (χ0n) is 14.9. The van der Waals surface area contributed by atoms with Crippen LogP contribution in [0.2, 0.25) is 0 Å². The topological polar surface area (TPSA) is 111 Å². The number of rotatable bonds is 5. The Bertz CT molecular complexity index is 1110. The number of halogens is 1. The lowest BCUT2D eigenvalue weighted by Gasteiger charge is -2.14. The smallest absolute Gasteiger partial charge is 0.277 e. The average molecular weight is 412 g/mol. The molecule has 2 aromatic rings. The first-order valence-corrected chi connectivity index (χ1v) is 10.5. The number of aryl methyl sites for hydroxylation is 1. The largest absolute Gasteiger partial charge is 0.391 e. The molecule has 1 N–H and O–H groups in total. The Balaban J connectivity index is 2.19. The number of oxime groups is 1. The predicted octanol–water partition coefficient (Wildman–Crippen LogP) is 1.39. The van der Waals surface area contributed by atoms with Gasteiger partial charge in [-0.2, -0.15) is 0 Å². The highest BCUT2D eigenvalue weighted by Gasteiger charge is 2.30. The van der Waals surface area contributed by atoms with Crippen LogP contribution in [0.15, 0.2) is 33.2 Å². The lowest BCUT2D eigenvalue weighted by Crippen LogP contribution is -2.21. The number of alkyl halides is 1. The van der Waals surface area contributed by atoms with Gasteiger partial charge in [-0.25, -0.2) is 8.42 Å². The maximum Gasteiger partial charge on any atom is 0.277 e.